The molecule has 0 spiro atoms. The Labute approximate surface area is 226 Å². The minimum Gasteiger partial charge on any atom is -0.496 e. The first-order valence-corrected chi connectivity index (χ1v) is 13.5. The van der Waals surface area contributed by atoms with Gasteiger partial charge in [-0.25, -0.2) is 4.79 Å². The van der Waals surface area contributed by atoms with Crippen LogP contribution in [-0.4, -0.2) is 51.4 Å². The fraction of sp³-hybridized carbons (Fsp3) is 0.419. The maximum atomic E-state index is 13.5. The predicted molar refractivity (Wildman–Crippen MR) is 152 cm³/mol. The third-order valence-corrected chi connectivity index (χ3v) is 7.54. The van der Waals surface area contributed by atoms with Crippen molar-refractivity contribution in [3.05, 3.63) is 76.6 Å². The highest BCUT2D eigenvalue weighted by atomic mass is 16.6. The van der Waals surface area contributed by atoms with Gasteiger partial charge in [0.2, 0.25) is 5.60 Å². The number of benzene rings is 2. The van der Waals surface area contributed by atoms with Crippen LogP contribution < -0.4 is 19.3 Å². The van der Waals surface area contributed by atoms with Crippen molar-refractivity contribution < 1.29 is 19.0 Å². The Morgan fingerprint density at radius 3 is 1.71 bits per heavy atom. The van der Waals surface area contributed by atoms with E-state index in [0.29, 0.717) is 33.9 Å². The molecule has 0 N–H and O–H groups in total. The number of ether oxygens (including phenoxy) is 3. The fourth-order valence-corrected chi connectivity index (χ4v) is 5.40. The molecule has 1 aliphatic rings. The molecule has 7 nitrogen and oxygen atoms in total. The highest BCUT2D eigenvalue weighted by molar-refractivity contribution is 5.96. The van der Waals surface area contributed by atoms with Gasteiger partial charge >= 0.3 is 5.97 Å². The Kier molecular flexibility index (Phi) is 8.14. The summed E-state index contributed by atoms with van der Waals surface area (Å²) in [7, 11) is 3.29. The standard InChI is InChI=1S/C31H39N3O4/c1-8-21-17-24-29(32-20-21)31(38-30(24)35,25-15-13-22(18-27(25)36-6)33(9-2)10-3)26-16-14-23(19-28(26)37-7)34(11-4)12-5/h13-20H,8-12H2,1-7H3. The molecular weight excluding hydrogens is 478 g/mol. The first-order chi connectivity index (χ1) is 18.4. The topological polar surface area (TPSA) is 64.1 Å². The second-order valence-corrected chi connectivity index (χ2v) is 9.28. The van der Waals surface area contributed by atoms with Gasteiger partial charge in [0, 0.05) is 67.0 Å². The number of carbonyl (C=O) groups excluding carboxylic acids is 1. The Morgan fingerprint density at radius 2 is 1.29 bits per heavy atom. The smallest absolute Gasteiger partial charge is 0.341 e. The molecule has 1 aliphatic heterocycles. The molecule has 0 saturated heterocycles. The van der Waals surface area contributed by atoms with Gasteiger partial charge in [-0.1, -0.05) is 6.92 Å². The van der Waals surface area contributed by atoms with Crippen LogP contribution in [0.2, 0.25) is 0 Å². The van der Waals surface area contributed by atoms with Crippen LogP contribution in [0.3, 0.4) is 0 Å². The Hall–Kier alpha value is -3.74. The molecule has 0 bridgehead atoms. The van der Waals surface area contributed by atoms with Crippen molar-refractivity contribution in [3.8, 4) is 11.5 Å². The van der Waals surface area contributed by atoms with Crippen molar-refractivity contribution >= 4 is 17.3 Å². The number of carbonyl (C=O) groups is 1. The summed E-state index contributed by atoms with van der Waals surface area (Å²) >= 11 is 0. The molecule has 0 unspecified atom stereocenters. The summed E-state index contributed by atoms with van der Waals surface area (Å²) in [4.78, 5) is 22.8. The predicted octanol–water partition coefficient (Wildman–Crippen LogP) is 5.82. The van der Waals surface area contributed by atoms with Gasteiger partial charge in [-0.15, -0.1) is 0 Å². The Balaban J connectivity index is 2.04. The molecule has 0 fully saturated rings. The molecule has 3 aromatic rings. The molecule has 202 valence electrons. The highest BCUT2D eigenvalue weighted by Crippen LogP contribution is 2.52. The Bertz CT molecular complexity index is 1230. The van der Waals surface area contributed by atoms with E-state index in [1.54, 1.807) is 14.2 Å². The zero-order chi connectivity index (χ0) is 27.4. The molecule has 2 heterocycles. The lowest BCUT2D eigenvalue weighted by atomic mass is 9.81. The van der Waals surface area contributed by atoms with Crippen LogP contribution in [0, 0.1) is 0 Å². The van der Waals surface area contributed by atoms with E-state index in [4.69, 9.17) is 19.2 Å². The number of hydrogen-bond acceptors (Lipinski definition) is 7. The van der Waals surface area contributed by atoms with E-state index in [1.807, 2.05) is 43.5 Å². The maximum Gasteiger partial charge on any atom is 0.341 e. The van der Waals surface area contributed by atoms with Crippen LogP contribution in [0.4, 0.5) is 11.4 Å². The summed E-state index contributed by atoms with van der Waals surface area (Å²) in [6.45, 7) is 14.0. The molecule has 7 heteroatoms. The maximum absolute atomic E-state index is 13.5. The molecule has 2 aromatic carbocycles. The van der Waals surface area contributed by atoms with Crippen LogP contribution in [-0.2, 0) is 16.8 Å². The third-order valence-electron chi connectivity index (χ3n) is 7.54. The van der Waals surface area contributed by atoms with E-state index in [-0.39, 0.29) is 0 Å². The van der Waals surface area contributed by atoms with E-state index >= 15 is 0 Å². The van der Waals surface area contributed by atoms with E-state index in [0.717, 1.165) is 49.5 Å². The second-order valence-electron chi connectivity index (χ2n) is 9.28. The van der Waals surface area contributed by atoms with E-state index in [9.17, 15) is 4.79 Å². The summed E-state index contributed by atoms with van der Waals surface area (Å²) in [5, 5.41) is 0. The quantitative estimate of drug-likeness (QED) is 0.297. The molecule has 0 atom stereocenters. The summed E-state index contributed by atoms with van der Waals surface area (Å²) < 4.78 is 18.3. The van der Waals surface area contributed by atoms with Crippen LogP contribution in [0.25, 0.3) is 0 Å². The minimum atomic E-state index is -1.33. The lowest BCUT2D eigenvalue weighted by Gasteiger charge is -2.33. The van der Waals surface area contributed by atoms with Gasteiger partial charge in [0.15, 0.2) is 0 Å². The molecule has 0 saturated carbocycles. The first kappa shape index (κ1) is 27.3. The number of esters is 1. The van der Waals surface area contributed by atoms with E-state index in [1.165, 1.54) is 0 Å². The van der Waals surface area contributed by atoms with Crippen molar-refractivity contribution in [2.45, 2.75) is 46.6 Å². The summed E-state index contributed by atoms with van der Waals surface area (Å²) in [5.74, 6) is 0.824. The fourth-order valence-electron chi connectivity index (χ4n) is 5.40. The zero-order valence-electron chi connectivity index (χ0n) is 23.6. The highest BCUT2D eigenvalue weighted by Gasteiger charge is 2.53. The largest absolute Gasteiger partial charge is 0.496 e. The molecule has 1 aromatic heterocycles. The van der Waals surface area contributed by atoms with Crippen molar-refractivity contribution in [2.24, 2.45) is 0 Å². The number of aryl methyl sites for hydroxylation is 1. The van der Waals surface area contributed by atoms with Crippen LogP contribution in [0.1, 0.15) is 67.4 Å². The molecule has 0 aliphatic carbocycles. The number of hydrogen-bond donors (Lipinski definition) is 0. The van der Waals surface area contributed by atoms with Gasteiger partial charge in [0.05, 0.1) is 19.8 Å². The molecule has 4 rings (SSSR count). The normalized spacial score (nSPS) is 13.6. The number of rotatable bonds is 11. The first-order valence-electron chi connectivity index (χ1n) is 13.5. The van der Waals surface area contributed by atoms with Gasteiger partial charge in [-0.3, -0.25) is 4.98 Å². The number of methoxy groups -OCH3 is 2. The molecule has 38 heavy (non-hydrogen) atoms. The third kappa shape index (κ3) is 4.44. The number of cyclic esters (lactones) is 1. The van der Waals surface area contributed by atoms with E-state index in [2.05, 4.69) is 49.6 Å². The van der Waals surface area contributed by atoms with Crippen LogP contribution in [0.15, 0.2) is 48.7 Å². The summed E-state index contributed by atoms with van der Waals surface area (Å²) in [6.07, 6.45) is 2.59. The summed E-state index contributed by atoms with van der Waals surface area (Å²) in [5.41, 5.74) is 4.13. The average Bonchev–Trinajstić information content (AvgIpc) is 3.26. The lowest BCUT2D eigenvalue weighted by molar-refractivity contribution is 0.0230. The van der Waals surface area contributed by atoms with Crippen molar-refractivity contribution in [1.82, 2.24) is 4.98 Å². The van der Waals surface area contributed by atoms with Crippen molar-refractivity contribution in [3.63, 3.8) is 0 Å². The lowest BCUT2D eigenvalue weighted by Crippen LogP contribution is -2.32. The minimum absolute atomic E-state index is 0.410. The van der Waals surface area contributed by atoms with Crippen LogP contribution >= 0.6 is 0 Å². The average molecular weight is 518 g/mol. The number of fused-ring (bicyclic) bond motifs is 1. The van der Waals surface area contributed by atoms with Crippen molar-refractivity contribution in [2.75, 3.05) is 50.2 Å². The zero-order valence-corrected chi connectivity index (χ0v) is 23.6. The molecule has 0 radical (unpaired) electrons. The monoisotopic (exact) mass is 517 g/mol. The number of aromatic nitrogens is 1. The van der Waals surface area contributed by atoms with Gasteiger partial charge in [0.1, 0.15) is 17.2 Å². The SMILES string of the molecule is CCc1cnc2c(c1)C(=O)OC2(c1ccc(N(CC)CC)cc1OC)c1ccc(N(CC)CC)cc1OC. The second kappa shape index (κ2) is 11.3. The van der Waals surface area contributed by atoms with Gasteiger partial charge in [-0.05, 0) is 70.0 Å². The van der Waals surface area contributed by atoms with Gasteiger partial charge in [0.25, 0.3) is 0 Å². The van der Waals surface area contributed by atoms with Gasteiger partial charge in [-0.2, -0.15) is 0 Å². The molecular formula is C31H39N3O4. The number of pyridine rings is 1. The number of anilines is 2. The van der Waals surface area contributed by atoms with E-state index < -0.39 is 11.6 Å². The van der Waals surface area contributed by atoms with Gasteiger partial charge < -0.3 is 24.0 Å². The Morgan fingerprint density at radius 1 is 0.789 bits per heavy atom. The summed E-state index contributed by atoms with van der Waals surface area (Å²) in [6, 6.07) is 14.0. The molecule has 0 amide bonds. The van der Waals surface area contributed by atoms with Crippen molar-refractivity contribution in [1.29, 1.82) is 0 Å². The van der Waals surface area contributed by atoms with Crippen LogP contribution in [0.5, 0.6) is 11.5 Å². The number of nitrogens with zero attached hydrogens (tertiary/aromatic N) is 3.